The maximum atomic E-state index is 9.30. The normalized spacial score (nSPS) is 10.8. The van der Waals surface area contributed by atoms with Crippen LogP contribution in [0, 0.1) is 0 Å². The standard InChI is InChI=1S/C16H18BrNO2/c1-11(2)15-7-13(9-19)8-16(18-15)20-10-12-4-3-5-14(17)6-12/h3-8,11,19H,9-10H2,1-2H3. The van der Waals surface area contributed by atoms with E-state index in [4.69, 9.17) is 4.74 Å². The lowest BCUT2D eigenvalue weighted by Crippen LogP contribution is -2.02. The van der Waals surface area contributed by atoms with Crippen LogP contribution in [0.25, 0.3) is 0 Å². The van der Waals surface area contributed by atoms with Gasteiger partial charge < -0.3 is 9.84 Å². The van der Waals surface area contributed by atoms with Gasteiger partial charge in [-0.15, -0.1) is 0 Å². The summed E-state index contributed by atoms with van der Waals surface area (Å²) in [6.07, 6.45) is 0. The minimum atomic E-state index is -0.00448. The molecule has 0 fully saturated rings. The van der Waals surface area contributed by atoms with E-state index in [1.165, 1.54) is 0 Å². The molecule has 20 heavy (non-hydrogen) atoms. The summed E-state index contributed by atoms with van der Waals surface area (Å²) in [7, 11) is 0. The SMILES string of the molecule is CC(C)c1cc(CO)cc(OCc2cccc(Br)c2)n1. The molecule has 0 saturated carbocycles. The number of hydrogen-bond donors (Lipinski definition) is 1. The fourth-order valence-electron chi connectivity index (χ4n) is 1.83. The summed E-state index contributed by atoms with van der Waals surface area (Å²) in [6, 6.07) is 11.7. The number of nitrogens with zero attached hydrogens (tertiary/aromatic N) is 1. The average molecular weight is 336 g/mol. The molecule has 1 heterocycles. The van der Waals surface area contributed by atoms with E-state index in [0.717, 1.165) is 21.3 Å². The molecule has 0 amide bonds. The summed E-state index contributed by atoms with van der Waals surface area (Å²) < 4.78 is 6.76. The summed E-state index contributed by atoms with van der Waals surface area (Å²) in [4.78, 5) is 4.47. The zero-order valence-corrected chi connectivity index (χ0v) is 13.2. The second kappa shape index (κ2) is 6.86. The third-order valence-corrected chi connectivity index (χ3v) is 3.42. The van der Waals surface area contributed by atoms with Gasteiger partial charge >= 0.3 is 0 Å². The van der Waals surface area contributed by atoms with Crippen LogP contribution in [0.4, 0.5) is 0 Å². The van der Waals surface area contributed by atoms with Gasteiger partial charge in [0.15, 0.2) is 0 Å². The quantitative estimate of drug-likeness (QED) is 0.896. The minimum Gasteiger partial charge on any atom is -0.473 e. The Labute approximate surface area is 127 Å². The Bertz CT molecular complexity index is 584. The van der Waals surface area contributed by atoms with E-state index in [0.29, 0.717) is 18.4 Å². The van der Waals surface area contributed by atoms with E-state index >= 15 is 0 Å². The van der Waals surface area contributed by atoms with Crippen molar-refractivity contribution in [2.75, 3.05) is 0 Å². The Kier molecular flexibility index (Phi) is 5.15. The lowest BCUT2D eigenvalue weighted by atomic mass is 10.1. The molecule has 0 aliphatic carbocycles. The van der Waals surface area contributed by atoms with Crippen molar-refractivity contribution in [3.63, 3.8) is 0 Å². The van der Waals surface area contributed by atoms with Gasteiger partial charge in [0.05, 0.1) is 6.61 Å². The highest BCUT2D eigenvalue weighted by atomic mass is 79.9. The molecule has 0 aliphatic heterocycles. The van der Waals surface area contributed by atoms with Gasteiger partial charge in [-0.25, -0.2) is 4.98 Å². The summed E-state index contributed by atoms with van der Waals surface area (Å²) in [5, 5.41) is 9.30. The Balaban J connectivity index is 2.14. The van der Waals surface area contributed by atoms with Crippen LogP contribution in [0.15, 0.2) is 40.9 Å². The second-order valence-corrected chi connectivity index (χ2v) is 5.89. The number of hydrogen-bond acceptors (Lipinski definition) is 3. The molecule has 0 radical (unpaired) electrons. The van der Waals surface area contributed by atoms with Gasteiger partial charge in [-0.05, 0) is 35.2 Å². The number of rotatable bonds is 5. The zero-order chi connectivity index (χ0) is 14.5. The first-order valence-corrected chi connectivity index (χ1v) is 7.36. The minimum absolute atomic E-state index is 0.00448. The lowest BCUT2D eigenvalue weighted by Gasteiger charge is -2.11. The molecule has 0 bridgehead atoms. The molecular weight excluding hydrogens is 318 g/mol. The predicted octanol–water partition coefficient (Wildman–Crippen LogP) is 4.04. The van der Waals surface area contributed by atoms with Crippen molar-refractivity contribution in [2.24, 2.45) is 0 Å². The van der Waals surface area contributed by atoms with Gasteiger partial charge in [-0.2, -0.15) is 0 Å². The zero-order valence-electron chi connectivity index (χ0n) is 11.6. The number of aliphatic hydroxyl groups is 1. The van der Waals surface area contributed by atoms with Crippen LogP contribution in [0.3, 0.4) is 0 Å². The first-order chi connectivity index (χ1) is 9.58. The molecule has 2 rings (SSSR count). The lowest BCUT2D eigenvalue weighted by molar-refractivity contribution is 0.274. The Morgan fingerprint density at radius 1 is 1.20 bits per heavy atom. The highest BCUT2D eigenvalue weighted by Gasteiger charge is 2.07. The molecule has 0 atom stereocenters. The van der Waals surface area contributed by atoms with Crippen molar-refractivity contribution < 1.29 is 9.84 Å². The molecule has 1 aromatic heterocycles. The van der Waals surface area contributed by atoms with Gasteiger partial charge in [0, 0.05) is 16.2 Å². The number of halogens is 1. The fraction of sp³-hybridized carbons (Fsp3) is 0.312. The summed E-state index contributed by atoms with van der Waals surface area (Å²) in [5.41, 5.74) is 2.83. The Hall–Kier alpha value is -1.39. The molecule has 2 aromatic rings. The van der Waals surface area contributed by atoms with E-state index in [-0.39, 0.29) is 6.61 Å². The van der Waals surface area contributed by atoms with E-state index in [1.807, 2.05) is 30.3 Å². The van der Waals surface area contributed by atoms with Crippen molar-refractivity contribution in [1.82, 2.24) is 4.98 Å². The smallest absolute Gasteiger partial charge is 0.214 e. The summed E-state index contributed by atoms with van der Waals surface area (Å²) in [5.74, 6) is 0.856. The van der Waals surface area contributed by atoms with Gasteiger partial charge in [0.2, 0.25) is 5.88 Å². The maximum Gasteiger partial charge on any atom is 0.214 e. The van der Waals surface area contributed by atoms with Crippen LogP contribution in [0.1, 0.15) is 36.6 Å². The second-order valence-electron chi connectivity index (χ2n) is 4.97. The molecule has 1 N–H and O–H groups in total. The molecule has 1 aromatic carbocycles. The molecule has 3 nitrogen and oxygen atoms in total. The fourth-order valence-corrected chi connectivity index (χ4v) is 2.27. The van der Waals surface area contributed by atoms with E-state index in [2.05, 4.69) is 34.8 Å². The third kappa shape index (κ3) is 4.05. The summed E-state index contributed by atoms with van der Waals surface area (Å²) >= 11 is 3.44. The third-order valence-electron chi connectivity index (χ3n) is 2.93. The van der Waals surface area contributed by atoms with E-state index in [1.54, 1.807) is 6.07 Å². The van der Waals surface area contributed by atoms with Crippen LogP contribution in [0.5, 0.6) is 5.88 Å². The number of ether oxygens (including phenoxy) is 1. The van der Waals surface area contributed by atoms with Crippen molar-refractivity contribution in [1.29, 1.82) is 0 Å². The van der Waals surface area contributed by atoms with E-state index < -0.39 is 0 Å². The van der Waals surface area contributed by atoms with Gasteiger partial charge in [-0.1, -0.05) is 41.9 Å². The van der Waals surface area contributed by atoms with Crippen LogP contribution >= 0.6 is 15.9 Å². The van der Waals surface area contributed by atoms with Crippen molar-refractivity contribution >= 4 is 15.9 Å². The van der Waals surface area contributed by atoms with Gasteiger partial charge in [0.25, 0.3) is 0 Å². The van der Waals surface area contributed by atoms with Crippen molar-refractivity contribution in [3.8, 4) is 5.88 Å². The highest BCUT2D eigenvalue weighted by Crippen LogP contribution is 2.20. The number of aliphatic hydroxyl groups excluding tert-OH is 1. The van der Waals surface area contributed by atoms with Gasteiger partial charge in [-0.3, -0.25) is 0 Å². The molecule has 0 aliphatic rings. The van der Waals surface area contributed by atoms with Gasteiger partial charge in [0.1, 0.15) is 6.61 Å². The monoisotopic (exact) mass is 335 g/mol. The molecule has 106 valence electrons. The Morgan fingerprint density at radius 2 is 2.00 bits per heavy atom. The largest absolute Gasteiger partial charge is 0.473 e. The predicted molar refractivity (Wildman–Crippen MR) is 82.7 cm³/mol. The van der Waals surface area contributed by atoms with Crippen molar-refractivity contribution in [3.05, 3.63) is 57.7 Å². The first kappa shape index (κ1) is 15.0. The number of aromatic nitrogens is 1. The Morgan fingerprint density at radius 3 is 2.65 bits per heavy atom. The molecule has 0 unspecified atom stereocenters. The summed E-state index contributed by atoms with van der Waals surface area (Å²) in [6.45, 7) is 4.59. The average Bonchev–Trinajstić information content (AvgIpc) is 2.45. The van der Waals surface area contributed by atoms with Crippen LogP contribution in [0.2, 0.25) is 0 Å². The van der Waals surface area contributed by atoms with Crippen LogP contribution in [-0.2, 0) is 13.2 Å². The molecule has 4 heteroatoms. The topological polar surface area (TPSA) is 42.4 Å². The molecule has 0 saturated heterocycles. The molecular formula is C16H18BrNO2. The maximum absolute atomic E-state index is 9.30. The van der Waals surface area contributed by atoms with Crippen LogP contribution < -0.4 is 4.74 Å². The molecule has 0 spiro atoms. The number of benzene rings is 1. The highest BCUT2D eigenvalue weighted by molar-refractivity contribution is 9.10. The van der Waals surface area contributed by atoms with Crippen LogP contribution in [-0.4, -0.2) is 10.1 Å². The van der Waals surface area contributed by atoms with E-state index in [9.17, 15) is 5.11 Å². The van der Waals surface area contributed by atoms with Crippen molar-refractivity contribution in [2.45, 2.75) is 33.0 Å². The number of pyridine rings is 1. The first-order valence-electron chi connectivity index (χ1n) is 6.57.